The van der Waals surface area contributed by atoms with Gasteiger partial charge in [-0.25, -0.2) is 0 Å². The molecule has 0 aromatic heterocycles. The third-order valence-electron chi connectivity index (χ3n) is 4.22. The summed E-state index contributed by atoms with van der Waals surface area (Å²) in [6.07, 6.45) is 1.26. The van der Waals surface area contributed by atoms with Crippen molar-refractivity contribution in [3.05, 3.63) is 29.8 Å². The smallest absolute Gasteiger partial charge is 0.120 e. The van der Waals surface area contributed by atoms with Gasteiger partial charge in [0, 0.05) is 19.1 Å². The molecule has 2 rings (SSSR count). The van der Waals surface area contributed by atoms with Gasteiger partial charge in [-0.05, 0) is 44.3 Å². The molecule has 0 radical (unpaired) electrons. The SMILES string of the molecule is CCN(CC)C1CCN(CCOc2cccc(C#N)c2)C1. The van der Waals surface area contributed by atoms with Crippen molar-refractivity contribution in [3.8, 4) is 11.8 Å². The summed E-state index contributed by atoms with van der Waals surface area (Å²) < 4.78 is 5.75. The van der Waals surface area contributed by atoms with Crippen LogP contribution in [0.4, 0.5) is 0 Å². The number of likely N-dealkylation sites (N-methyl/N-ethyl adjacent to an activating group) is 1. The average molecular weight is 287 g/mol. The van der Waals surface area contributed by atoms with Gasteiger partial charge in [0.2, 0.25) is 0 Å². The summed E-state index contributed by atoms with van der Waals surface area (Å²) >= 11 is 0. The molecule has 1 aliphatic heterocycles. The quantitative estimate of drug-likeness (QED) is 0.772. The van der Waals surface area contributed by atoms with E-state index in [0.717, 1.165) is 38.5 Å². The number of benzene rings is 1. The van der Waals surface area contributed by atoms with Crippen LogP contribution in [-0.2, 0) is 0 Å². The molecule has 1 aromatic rings. The first-order valence-corrected chi connectivity index (χ1v) is 7.86. The van der Waals surface area contributed by atoms with E-state index < -0.39 is 0 Å². The maximum atomic E-state index is 8.87. The Labute approximate surface area is 127 Å². The summed E-state index contributed by atoms with van der Waals surface area (Å²) in [7, 11) is 0. The van der Waals surface area contributed by atoms with Crippen molar-refractivity contribution in [2.75, 3.05) is 39.3 Å². The lowest BCUT2D eigenvalue weighted by molar-refractivity contribution is 0.195. The first-order valence-electron chi connectivity index (χ1n) is 7.86. The zero-order chi connectivity index (χ0) is 15.1. The van der Waals surface area contributed by atoms with E-state index in [4.69, 9.17) is 10.00 Å². The number of hydrogen-bond donors (Lipinski definition) is 0. The number of likely N-dealkylation sites (tertiary alicyclic amines) is 1. The number of nitrogens with zero attached hydrogens (tertiary/aromatic N) is 3. The molecule has 1 aliphatic rings. The van der Waals surface area contributed by atoms with Crippen molar-refractivity contribution in [2.24, 2.45) is 0 Å². The fourth-order valence-corrected chi connectivity index (χ4v) is 3.00. The van der Waals surface area contributed by atoms with Crippen molar-refractivity contribution >= 4 is 0 Å². The summed E-state index contributed by atoms with van der Waals surface area (Å²) in [5, 5.41) is 8.87. The van der Waals surface area contributed by atoms with Crippen LogP contribution in [0.5, 0.6) is 5.75 Å². The van der Waals surface area contributed by atoms with Crippen LogP contribution in [0.25, 0.3) is 0 Å². The highest BCUT2D eigenvalue weighted by Gasteiger charge is 2.25. The molecule has 4 heteroatoms. The highest BCUT2D eigenvalue weighted by molar-refractivity contribution is 5.36. The molecule has 4 nitrogen and oxygen atoms in total. The normalized spacial score (nSPS) is 18.9. The monoisotopic (exact) mass is 287 g/mol. The van der Waals surface area contributed by atoms with Gasteiger partial charge in [-0.3, -0.25) is 9.80 Å². The Morgan fingerprint density at radius 3 is 2.90 bits per heavy atom. The first-order chi connectivity index (χ1) is 10.3. The maximum Gasteiger partial charge on any atom is 0.120 e. The summed E-state index contributed by atoms with van der Waals surface area (Å²) in [4.78, 5) is 5.01. The molecule has 21 heavy (non-hydrogen) atoms. The molecule has 0 saturated carbocycles. The summed E-state index contributed by atoms with van der Waals surface area (Å²) in [6.45, 7) is 10.7. The molecule has 1 aromatic carbocycles. The van der Waals surface area contributed by atoms with Crippen LogP contribution >= 0.6 is 0 Å². The lowest BCUT2D eigenvalue weighted by Gasteiger charge is -2.26. The molecule has 1 atom stereocenters. The predicted molar refractivity (Wildman–Crippen MR) is 84.4 cm³/mol. The van der Waals surface area contributed by atoms with Crippen LogP contribution in [0, 0.1) is 11.3 Å². The van der Waals surface area contributed by atoms with Gasteiger partial charge >= 0.3 is 0 Å². The number of rotatable bonds is 7. The van der Waals surface area contributed by atoms with Gasteiger partial charge in [0.25, 0.3) is 0 Å². The average Bonchev–Trinajstić information content (AvgIpc) is 2.97. The van der Waals surface area contributed by atoms with Crippen molar-refractivity contribution in [3.63, 3.8) is 0 Å². The number of ether oxygens (including phenoxy) is 1. The second-order valence-electron chi connectivity index (χ2n) is 5.45. The van der Waals surface area contributed by atoms with E-state index in [0.29, 0.717) is 18.2 Å². The van der Waals surface area contributed by atoms with Crippen LogP contribution in [0.2, 0.25) is 0 Å². The minimum atomic E-state index is 0.648. The van der Waals surface area contributed by atoms with Gasteiger partial charge in [-0.1, -0.05) is 19.9 Å². The second-order valence-corrected chi connectivity index (χ2v) is 5.45. The third-order valence-corrected chi connectivity index (χ3v) is 4.22. The van der Waals surface area contributed by atoms with Crippen LogP contribution in [0.3, 0.4) is 0 Å². The van der Waals surface area contributed by atoms with Crippen molar-refractivity contribution < 1.29 is 4.74 Å². The lowest BCUT2D eigenvalue weighted by Crippen LogP contribution is -2.37. The third kappa shape index (κ3) is 4.45. The van der Waals surface area contributed by atoms with E-state index >= 15 is 0 Å². The van der Waals surface area contributed by atoms with Crippen LogP contribution in [-0.4, -0.2) is 55.2 Å². The van der Waals surface area contributed by atoms with E-state index in [1.165, 1.54) is 6.42 Å². The standard InChI is InChI=1S/C17H25N3O/c1-3-20(4-2)16-8-9-19(14-16)10-11-21-17-7-5-6-15(12-17)13-18/h5-7,12,16H,3-4,8-11,14H2,1-2H3. The van der Waals surface area contributed by atoms with Crippen LogP contribution in [0.1, 0.15) is 25.8 Å². The zero-order valence-corrected chi connectivity index (χ0v) is 13.1. The fourth-order valence-electron chi connectivity index (χ4n) is 3.00. The largest absolute Gasteiger partial charge is 0.492 e. The van der Waals surface area contributed by atoms with Gasteiger partial charge < -0.3 is 4.74 Å². The number of nitriles is 1. The van der Waals surface area contributed by atoms with Crippen LogP contribution < -0.4 is 4.74 Å². The Morgan fingerprint density at radius 2 is 2.19 bits per heavy atom. The molecule has 0 amide bonds. The summed E-state index contributed by atoms with van der Waals surface area (Å²) in [5.41, 5.74) is 0.648. The van der Waals surface area contributed by atoms with E-state index in [-0.39, 0.29) is 0 Å². The minimum Gasteiger partial charge on any atom is -0.492 e. The van der Waals surface area contributed by atoms with Gasteiger partial charge in [-0.2, -0.15) is 5.26 Å². The molecule has 1 unspecified atom stereocenters. The first kappa shape index (κ1) is 15.8. The molecular weight excluding hydrogens is 262 g/mol. The summed E-state index contributed by atoms with van der Waals surface area (Å²) in [5.74, 6) is 0.786. The Morgan fingerprint density at radius 1 is 1.38 bits per heavy atom. The molecule has 1 saturated heterocycles. The van der Waals surface area contributed by atoms with Gasteiger partial charge in [0.15, 0.2) is 0 Å². The van der Waals surface area contributed by atoms with Crippen LogP contribution in [0.15, 0.2) is 24.3 Å². The van der Waals surface area contributed by atoms with Crippen molar-refractivity contribution in [2.45, 2.75) is 26.3 Å². The molecule has 1 fully saturated rings. The van der Waals surface area contributed by atoms with Crippen molar-refractivity contribution in [1.29, 1.82) is 5.26 Å². The Hall–Kier alpha value is -1.57. The lowest BCUT2D eigenvalue weighted by atomic mass is 10.2. The zero-order valence-electron chi connectivity index (χ0n) is 13.1. The molecule has 114 valence electrons. The molecular formula is C17H25N3O. The topological polar surface area (TPSA) is 39.5 Å². The van der Waals surface area contributed by atoms with Crippen molar-refractivity contribution in [1.82, 2.24) is 9.80 Å². The highest BCUT2D eigenvalue weighted by atomic mass is 16.5. The molecule has 0 aliphatic carbocycles. The van der Waals surface area contributed by atoms with E-state index in [1.54, 1.807) is 12.1 Å². The Balaban J connectivity index is 1.73. The molecule has 1 heterocycles. The fraction of sp³-hybridized carbons (Fsp3) is 0.588. The highest BCUT2D eigenvalue weighted by Crippen LogP contribution is 2.16. The second kappa shape index (κ2) is 8.02. The minimum absolute atomic E-state index is 0.648. The molecule has 0 bridgehead atoms. The summed E-state index contributed by atoms with van der Waals surface area (Å²) in [6, 6.07) is 10.2. The molecule has 0 N–H and O–H groups in total. The Bertz CT molecular complexity index is 479. The number of hydrogen-bond acceptors (Lipinski definition) is 4. The molecule has 0 spiro atoms. The Kier molecular flexibility index (Phi) is 6.04. The van der Waals surface area contributed by atoms with E-state index in [2.05, 4.69) is 29.7 Å². The van der Waals surface area contributed by atoms with E-state index in [1.807, 2.05) is 12.1 Å². The maximum absolute atomic E-state index is 8.87. The van der Waals surface area contributed by atoms with Gasteiger partial charge in [0.1, 0.15) is 12.4 Å². The van der Waals surface area contributed by atoms with Gasteiger partial charge in [-0.15, -0.1) is 0 Å². The predicted octanol–water partition coefficient (Wildman–Crippen LogP) is 2.35. The van der Waals surface area contributed by atoms with Gasteiger partial charge in [0.05, 0.1) is 11.6 Å². The van der Waals surface area contributed by atoms with E-state index in [9.17, 15) is 0 Å².